The highest BCUT2D eigenvalue weighted by Gasteiger charge is 2.58. The third kappa shape index (κ3) is 12.0. The number of rotatable bonds is 22. The van der Waals surface area contributed by atoms with E-state index < -0.39 is 5.72 Å². The van der Waals surface area contributed by atoms with E-state index in [1.165, 1.54) is 57.8 Å². The van der Waals surface area contributed by atoms with Crippen LogP contribution in [-0.2, 0) is 23.8 Å². The van der Waals surface area contributed by atoms with E-state index in [2.05, 4.69) is 10.2 Å². The molecular weight excluding hydrogens is 644 g/mol. The first-order valence-corrected chi connectivity index (χ1v) is 21.3. The van der Waals surface area contributed by atoms with Crippen molar-refractivity contribution in [3.8, 4) is 0 Å². The maximum Gasteiger partial charge on any atom is 0.306 e. The summed E-state index contributed by atoms with van der Waals surface area (Å²) in [5, 5.41) is 3.77. The Bertz CT molecular complexity index is 1070. The molecule has 0 aromatic heterocycles. The molecule has 51 heavy (non-hydrogen) atoms. The SMILES string of the molecule is NCCCN(CCCN)C(=O)CCCCCCCCCCCCCCC(=O)O[C@H]1C[C@H]2C[C@@]3(CCCCCO3)NC3=N[C@]4(CCCCO4)C[C@H]1N32. The van der Waals surface area contributed by atoms with Crippen LogP contribution >= 0.6 is 0 Å². The number of aliphatic imine (C=N–C) groups is 1. The van der Waals surface area contributed by atoms with Crippen molar-refractivity contribution in [2.24, 2.45) is 16.5 Å². The fraction of sp³-hybridized carbons (Fsp3) is 0.925. The van der Waals surface area contributed by atoms with Gasteiger partial charge in [-0.15, -0.1) is 0 Å². The van der Waals surface area contributed by atoms with Crippen LogP contribution in [0.3, 0.4) is 0 Å². The first kappa shape index (κ1) is 40.2. The molecule has 0 bridgehead atoms. The molecule has 4 fully saturated rings. The molecule has 292 valence electrons. The molecule has 11 nitrogen and oxygen atoms in total. The fourth-order valence-electron chi connectivity index (χ4n) is 9.21. The zero-order valence-corrected chi connectivity index (χ0v) is 31.9. The van der Waals surface area contributed by atoms with Crippen LogP contribution < -0.4 is 16.8 Å². The molecule has 5 heterocycles. The van der Waals surface area contributed by atoms with Crippen molar-refractivity contribution in [2.45, 2.75) is 197 Å². The maximum absolute atomic E-state index is 13.1. The molecule has 5 rings (SSSR count). The van der Waals surface area contributed by atoms with Gasteiger partial charge in [0, 0.05) is 64.4 Å². The summed E-state index contributed by atoms with van der Waals surface area (Å²) in [6.45, 7) is 4.28. The second-order valence-electron chi connectivity index (χ2n) is 16.2. The van der Waals surface area contributed by atoms with Crippen LogP contribution in [-0.4, -0.2) is 96.7 Å². The molecule has 0 unspecified atom stereocenters. The van der Waals surface area contributed by atoms with Gasteiger partial charge in [0.05, 0.1) is 6.04 Å². The topological polar surface area (TPSA) is 145 Å². The summed E-state index contributed by atoms with van der Waals surface area (Å²) >= 11 is 0. The van der Waals surface area contributed by atoms with Crippen molar-refractivity contribution in [2.75, 3.05) is 39.4 Å². The average molecular weight is 717 g/mol. The van der Waals surface area contributed by atoms with Gasteiger partial charge in [-0.25, -0.2) is 4.99 Å². The van der Waals surface area contributed by atoms with Gasteiger partial charge in [-0.05, 0) is 77.3 Å². The minimum absolute atomic E-state index is 0.0456. The molecule has 0 radical (unpaired) electrons. The van der Waals surface area contributed by atoms with Crippen molar-refractivity contribution in [1.29, 1.82) is 0 Å². The average Bonchev–Trinajstić information content (AvgIpc) is 3.29. The van der Waals surface area contributed by atoms with Gasteiger partial charge in [0.2, 0.25) is 5.91 Å². The van der Waals surface area contributed by atoms with Crippen LogP contribution in [0.2, 0.25) is 0 Å². The number of hydrogen-bond acceptors (Lipinski definition) is 10. The highest BCUT2D eigenvalue weighted by atomic mass is 16.5. The number of amides is 1. The minimum atomic E-state index is -0.510. The highest BCUT2D eigenvalue weighted by molar-refractivity contribution is 5.84. The van der Waals surface area contributed by atoms with Gasteiger partial charge in [-0.2, -0.15) is 0 Å². The van der Waals surface area contributed by atoms with E-state index in [-0.39, 0.29) is 35.8 Å². The molecule has 4 saturated heterocycles. The summed E-state index contributed by atoms with van der Waals surface area (Å²) in [5.41, 5.74) is 10.4. The van der Waals surface area contributed by atoms with Gasteiger partial charge >= 0.3 is 5.97 Å². The second kappa shape index (κ2) is 21.1. The van der Waals surface area contributed by atoms with Crippen LogP contribution in [0.25, 0.3) is 0 Å². The lowest BCUT2D eigenvalue weighted by molar-refractivity contribution is -0.153. The Kier molecular flexibility index (Phi) is 16.6. The Labute approximate surface area is 308 Å². The zero-order chi connectivity index (χ0) is 35.8. The first-order chi connectivity index (χ1) is 25.0. The van der Waals surface area contributed by atoms with E-state index in [1.807, 2.05) is 4.90 Å². The number of hydrogen-bond donors (Lipinski definition) is 3. The summed E-state index contributed by atoms with van der Waals surface area (Å²) in [4.78, 5) is 35.3. The van der Waals surface area contributed by atoms with Gasteiger partial charge in [0.1, 0.15) is 11.8 Å². The maximum atomic E-state index is 13.1. The van der Waals surface area contributed by atoms with E-state index in [0.717, 1.165) is 129 Å². The van der Waals surface area contributed by atoms with Crippen LogP contribution in [0, 0.1) is 0 Å². The highest BCUT2D eigenvalue weighted by Crippen LogP contribution is 2.46. The summed E-state index contributed by atoms with van der Waals surface area (Å²) in [6, 6.07) is 0.385. The Morgan fingerprint density at radius 1 is 0.765 bits per heavy atom. The lowest BCUT2D eigenvalue weighted by Gasteiger charge is -2.52. The number of carbonyl (C=O) groups excluding carboxylic acids is 2. The number of unbranched alkanes of at least 4 members (excludes halogenated alkanes) is 11. The van der Waals surface area contributed by atoms with Crippen LogP contribution in [0.5, 0.6) is 0 Å². The smallest absolute Gasteiger partial charge is 0.306 e. The van der Waals surface area contributed by atoms with Crippen molar-refractivity contribution >= 4 is 17.8 Å². The van der Waals surface area contributed by atoms with Gasteiger partial charge in [0.25, 0.3) is 0 Å². The molecule has 11 heteroatoms. The quantitative estimate of drug-likeness (QED) is 0.0873. The molecule has 0 aliphatic carbocycles. The summed E-state index contributed by atoms with van der Waals surface area (Å²) in [5.74, 6) is 1.12. The van der Waals surface area contributed by atoms with Crippen LogP contribution in [0.1, 0.15) is 167 Å². The van der Waals surface area contributed by atoms with Gasteiger partial charge in [-0.1, -0.05) is 70.6 Å². The lowest BCUT2D eigenvalue weighted by atomic mass is 9.91. The molecule has 5 N–H and O–H groups in total. The van der Waals surface area contributed by atoms with Crippen LogP contribution in [0.15, 0.2) is 4.99 Å². The normalized spacial score (nSPS) is 28.6. The second-order valence-corrected chi connectivity index (χ2v) is 16.2. The van der Waals surface area contributed by atoms with E-state index in [1.54, 1.807) is 0 Å². The monoisotopic (exact) mass is 717 g/mol. The van der Waals surface area contributed by atoms with E-state index in [4.69, 9.17) is 30.7 Å². The zero-order valence-electron chi connectivity index (χ0n) is 31.9. The van der Waals surface area contributed by atoms with Crippen LogP contribution in [0.4, 0.5) is 0 Å². The van der Waals surface area contributed by atoms with Crippen molar-refractivity contribution in [3.63, 3.8) is 0 Å². The Balaban J connectivity index is 0.919. The van der Waals surface area contributed by atoms with Crippen molar-refractivity contribution < 1.29 is 23.8 Å². The first-order valence-electron chi connectivity index (χ1n) is 21.3. The molecule has 5 atom stereocenters. The van der Waals surface area contributed by atoms with Gasteiger partial charge < -0.3 is 40.8 Å². The number of ether oxygens (including phenoxy) is 3. The lowest BCUT2D eigenvalue weighted by Crippen LogP contribution is -2.68. The number of nitrogens with one attached hydrogen (secondary N) is 1. The predicted octanol–water partition coefficient (Wildman–Crippen LogP) is 6.27. The van der Waals surface area contributed by atoms with E-state index in [9.17, 15) is 9.59 Å². The van der Waals surface area contributed by atoms with Crippen molar-refractivity contribution in [3.05, 3.63) is 0 Å². The van der Waals surface area contributed by atoms with E-state index in [0.29, 0.717) is 25.9 Å². The molecule has 0 saturated carbocycles. The molecule has 0 aromatic carbocycles. The Hall–Kier alpha value is -1.95. The molecule has 5 aliphatic rings. The summed E-state index contributed by atoms with van der Waals surface area (Å²) < 4.78 is 19.2. The van der Waals surface area contributed by atoms with Gasteiger partial charge in [0.15, 0.2) is 11.7 Å². The molecule has 1 amide bonds. The summed E-state index contributed by atoms with van der Waals surface area (Å²) in [6.07, 6.45) is 27.0. The fourth-order valence-corrected chi connectivity index (χ4v) is 9.21. The minimum Gasteiger partial charge on any atom is -0.460 e. The standard InChI is InChI=1S/C40H72N6O5/c41-24-18-26-45(27-19-25-42)36(47)20-12-9-7-5-3-1-2-4-6-8-10-13-21-37(48)51-35-30-33-31-39(22-14-11-16-28-49-39)43-38-44-40(23-15-17-29-50-40)32-34(35)46(33)38/h33-35H,1-32,41-42H2,(H,43,44)/t33-,34+,35-,39-,40-/m0/s1. The molecular formula is C40H72N6O5. The summed E-state index contributed by atoms with van der Waals surface area (Å²) in [7, 11) is 0. The number of nitrogens with zero attached hydrogens (tertiary/aromatic N) is 3. The number of guanidine groups is 1. The third-order valence-corrected chi connectivity index (χ3v) is 12.0. The van der Waals surface area contributed by atoms with E-state index >= 15 is 0 Å². The molecule has 5 aliphatic heterocycles. The largest absolute Gasteiger partial charge is 0.460 e. The Morgan fingerprint density at radius 3 is 2.02 bits per heavy atom. The Morgan fingerprint density at radius 2 is 1.37 bits per heavy atom. The van der Waals surface area contributed by atoms with Gasteiger partial charge in [-0.3, -0.25) is 9.59 Å². The van der Waals surface area contributed by atoms with Crippen molar-refractivity contribution in [1.82, 2.24) is 15.1 Å². The number of esters is 1. The molecule has 2 spiro atoms. The molecule has 0 aromatic rings. The predicted molar refractivity (Wildman–Crippen MR) is 202 cm³/mol. The number of carbonyl (C=O) groups is 2. The third-order valence-electron chi connectivity index (χ3n) is 12.0. The number of nitrogens with two attached hydrogens (primary N) is 2.